The Bertz CT molecular complexity index is 617. The Morgan fingerprint density at radius 3 is 2.86 bits per heavy atom. The molecule has 0 saturated heterocycles. The predicted molar refractivity (Wildman–Crippen MR) is 83.6 cm³/mol. The van der Waals surface area contributed by atoms with Gasteiger partial charge < -0.3 is 19.8 Å². The van der Waals surface area contributed by atoms with Crippen LogP contribution in [0.5, 0.6) is 5.75 Å². The van der Waals surface area contributed by atoms with Crippen LogP contribution in [0.3, 0.4) is 0 Å². The standard InChI is InChI=1S/C16H23N3O2/c1-3-8-21-14-7-5-6-13-15(14)18-16(17)19(13)11-9-12(10-11)20-4-2/h5-7,11-12H,3-4,8-10H2,1-2H3,(H2,17,18). The second-order valence-corrected chi connectivity index (χ2v) is 5.51. The Labute approximate surface area is 125 Å². The minimum Gasteiger partial charge on any atom is -0.491 e. The molecule has 1 heterocycles. The molecule has 21 heavy (non-hydrogen) atoms. The summed E-state index contributed by atoms with van der Waals surface area (Å²) in [5, 5.41) is 0. The number of nitrogens with two attached hydrogens (primary N) is 1. The van der Waals surface area contributed by atoms with E-state index in [0.717, 1.165) is 42.7 Å². The van der Waals surface area contributed by atoms with Gasteiger partial charge in [-0.3, -0.25) is 0 Å². The van der Waals surface area contributed by atoms with E-state index in [9.17, 15) is 0 Å². The molecule has 0 aliphatic heterocycles. The molecule has 1 aromatic carbocycles. The summed E-state index contributed by atoms with van der Waals surface area (Å²) in [5.74, 6) is 1.39. The number of imidazole rings is 1. The maximum atomic E-state index is 6.14. The van der Waals surface area contributed by atoms with Crippen LogP contribution in [0, 0.1) is 0 Å². The molecule has 1 saturated carbocycles. The second kappa shape index (κ2) is 5.93. The number of hydrogen-bond acceptors (Lipinski definition) is 4. The quantitative estimate of drug-likeness (QED) is 0.887. The van der Waals surface area contributed by atoms with Crippen molar-refractivity contribution in [1.82, 2.24) is 9.55 Å². The molecule has 5 heteroatoms. The van der Waals surface area contributed by atoms with Crippen molar-refractivity contribution in [2.45, 2.75) is 45.3 Å². The predicted octanol–water partition coefficient (Wildman–Crippen LogP) is 3.15. The van der Waals surface area contributed by atoms with Crippen molar-refractivity contribution < 1.29 is 9.47 Å². The van der Waals surface area contributed by atoms with Gasteiger partial charge in [0, 0.05) is 12.6 Å². The molecule has 1 aliphatic carbocycles. The zero-order chi connectivity index (χ0) is 14.8. The van der Waals surface area contributed by atoms with E-state index in [1.165, 1.54) is 0 Å². The maximum Gasteiger partial charge on any atom is 0.201 e. The van der Waals surface area contributed by atoms with Crippen LogP contribution in [0.2, 0.25) is 0 Å². The smallest absolute Gasteiger partial charge is 0.201 e. The average Bonchev–Trinajstić information content (AvgIpc) is 2.77. The third-order valence-corrected chi connectivity index (χ3v) is 4.01. The van der Waals surface area contributed by atoms with Crippen LogP contribution in [0.1, 0.15) is 39.2 Å². The molecule has 2 N–H and O–H groups in total. The first kappa shape index (κ1) is 14.2. The molecule has 114 valence electrons. The van der Waals surface area contributed by atoms with Crippen LogP contribution in [0.4, 0.5) is 5.95 Å². The van der Waals surface area contributed by atoms with Crippen molar-refractivity contribution in [3.8, 4) is 5.75 Å². The summed E-state index contributed by atoms with van der Waals surface area (Å²) in [6, 6.07) is 6.40. The summed E-state index contributed by atoms with van der Waals surface area (Å²) in [6.07, 6.45) is 3.34. The number of anilines is 1. The molecule has 0 bridgehead atoms. The molecule has 0 spiro atoms. The lowest BCUT2D eigenvalue weighted by Gasteiger charge is -2.36. The maximum absolute atomic E-state index is 6.14. The van der Waals surface area contributed by atoms with Gasteiger partial charge in [-0.1, -0.05) is 13.0 Å². The van der Waals surface area contributed by atoms with Gasteiger partial charge in [0.1, 0.15) is 11.3 Å². The zero-order valence-electron chi connectivity index (χ0n) is 12.7. The molecule has 5 nitrogen and oxygen atoms in total. The molecule has 0 atom stereocenters. The summed E-state index contributed by atoms with van der Waals surface area (Å²) < 4.78 is 13.5. The number of para-hydroxylation sites is 1. The molecular formula is C16H23N3O2. The largest absolute Gasteiger partial charge is 0.491 e. The zero-order valence-corrected chi connectivity index (χ0v) is 12.7. The highest BCUT2D eigenvalue weighted by molar-refractivity contribution is 5.84. The Hall–Kier alpha value is -1.75. The SMILES string of the molecule is CCCOc1cccc2c1nc(N)n2C1CC(OCC)C1. The van der Waals surface area contributed by atoms with Gasteiger partial charge in [-0.2, -0.15) is 0 Å². The molecule has 0 radical (unpaired) electrons. The van der Waals surface area contributed by atoms with E-state index < -0.39 is 0 Å². The van der Waals surface area contributed by atoms with Gasteiger partial charge in [-0.05, 0) is 38.3 Å². The van der Waals surface area contributed by atoms with Crippen LogP contribution in [0.15, 0.2) is 18.2 Å². The lowest BCUT2D eigenvalue weighted by molar-refractivity contribution is -0.0181. The first-order valence-electron chi connectivity index (χ1n) is 7.75. The van der Waals surface area contributed by atoms with Crippen molar-refractivity contribution in [2.75, 3.05) is 18.9 Å². The fraction of sp³-hybridized carbons (Fsp3) is 0.562. The Morgan fingerprint density at radius 2 is 2.14 bits per heavy atom. The number of hydrogen-bond donors (Lipinski definition) is 1. The number of fused-ring (bicyclic) bond motifs is 1. The normalized spacial score (nSPS) is 21.4. The van der Waals surface area contributed by atoms with E-state index in [2.05, 4.69) is 22.5 Å². The number of nitrogens with zero attached hydrogens (tertiary/aromatic N) is 2. The number of rotatable bonds is 6. The van der Waals surface area contributed by atoms with Gasteiger partial charge in [-0.25, -0.2) is 4.98 Å². The van der Waals surface area contributed by atoms with Gasteiger partial charge >= 0.3 is 0 Å². The molecule has 1 aromatic heterocycles. The summed E-state index contributed by atoms with van der Waals surface area (Å²) in [6.45, 7) is 5.59. The van der Waals surface area contributed by atoms with Gasteiger partial charge in [0.2, 0.25) is 5.95 Å². The third-order valence-electron chi connectivity index (χ3n) is 4.01. The molecule has 1 fully saturated rings. The fourth-order valence-corrected chi connectivity index (χ4v) is 2.94. The van der Waals surface area contributed by atoms with E-state index in [0.29, 0.717) is 24.7 Å². The van der Waals surface area contributed by atoms with Crippen molar-refractivity contribution in [3.63, 3.8) is 0 Å². The van der Waals surface area contributed by atoms with Crippen molar-refractivity contribution in [3.05, 3.63) is 18.2 Å². The highest BCUT2D eigenvalue weighted by Gasteiger charge is 2.33. The number of aromatic nitrogens is 2. The summed E-state index contributed by atoms with van der Waals surface area (Å²) in [7, 11) is 0. The monoisotopic (exact) mass is 289 g/mol. The van der Waals surface area contributed by atoms with Crippen LogP contribution < -0.4 is 10.5 Å². The lowest BCUT2D eigenvalue weighted by atomic mass is 9.89. The van der Waals surface area contributed by atoms with Gasteiger partial charge in [0.25, 0.3) is 0 Å². The van der Waals surface area contributed by atoms with Crippen molar-refractivity contribution >= 4 is 17.0 Å². The van der Waals surface area contributed by atoms with Gasteiger partial charge in [0.15, 0.2) is 0 Å². The van der Waals surface area contributed by atoms with Crippen molar-refractivity contribution in [1.29, 1.82) is 0 Å². The minimum atomic E-state index is 0.358. The molecular weight excluding hydrogens is 266 g/mol. The number of benzene rings is 1. The number of ether oxygens (including phenoxy) is 2. The van der Waals surface area contributed by atoms with Crippen LogP contribution >= 0.6 is 0 Å². The van der Waals surface area contributed by atoms with E-state index in [1.54, 1.807) is 0 Å². The highest BCUT2D eigenvalue weighted by atomic mass is 16.5. The van der Waals surface area contributed by atoms with Crippen LogP contribution in [-0.4, -0.2) is 28.9 Å². The van der Waals surface area contributed by atoms with E-state index in [1.807, 2.05) is 19.1 Å². The molecule has 3 rings (SSSR count). The van der Waals surface area contributed by atoms with E-state index in [4.69, 9.17) is 15.2 Å². The van der Waals surface area contributed by atoms with Crippen molar-refractivity contribution in [2.24, 2.45) is 0 Å². The molecule has 2 aromatic rings. The number of nitrogen functional groups attached to an aromatic ring is 1. The molecule has 0 amide bonds. The van der Waals surface area contributed by atoms with Crippen LogP contribution in [-0.2, 0) is 4.74 Å². The Morgan fingerprint density at radius 1 is 1.33 bits per heavy atom. The summed E-state index contributed by atoms with van der Waals surface area (Å²) in [5.41, 5.74) is 8.06. The van der Waals surface area contributed by atoms with E-state index in [-0.39, 0.29) is 0 Å². The Kier molecular flexibility index (Phi) is 4.01. The summed E-state index contributed by atoms with van der Waals surface area (Å²) >= 11 is 0. The summed E-state index contributed by atoms with van der Waals surface area (Å²) in [4.78, 5) is 4.51. The first-order chi connectivity index (χ1) is 10.2. The molecule has 0 unspecified atom stereocenters. The minimum absolute atomic E-state index is 0.358. The van der Waals surface area contributed by atoms with Gasteiger partial charge in [-0.15, -0.1) is 0 Å². The second-order valence-electron chi connectivity index (χ2n) is 5.51. The van der Waals surface area contributed by atoms with Gasteiger partial charge in [0.05, 0.1) is 18.2 Å². The first-order valence-corrected chi connectivity index (χ1v) is 7.75. The highest BCUT2D eigenvalue weighted by Crippen LogP contribution is 2.39. The topological polar surface area (TPSA) is 62.3 Å². The fourth-order valence-electron chi connectivity index (χ4n) is 2.94. The molecule has 1 aliphatic rings. The Balaban J connectivity index is 1.88. The third kappa shape index (κ3) is 2.58. The van der Waals surface area contributed by atoms with Crippen LogP contribution in [0.25, 0.3) is 11.0 Å². The average molecular weight is 289 g/mol. The van der Waals surface area contributed by atoms with E-state index >= 15 is 0 Å². The lowest BCUT2D eigenvalue weighted by Crippen LogP contribution is -2.33.